The minimum Gasteiger partial charge on any atom is -0.386 e. The fraction of sp³-hybridized carbons (Fsp3) is 0.625. The molecule has 1 atom stereocenters. The van der Waals surface area contributed by atoms with E-state index in [4.69, 9.17) is 0 Å². The summed E-state index contributed by atoms with van der Waals surface area (Å²) in [7, 11) is 0. The number of benzene rings is 1. The number of aryl methyl sites for hydroxylation is 2. The predicted octanol–water partition coefficient (Wildman–Crippen LogP) is 2.98. The van der Waals surface area contributed by atoms with Crippen molar-refractivity contribution in [2.75, 3.05) is 19.6 Å². The van der Waals surface area contributed by atoms with Gasteiger partial charge >= 0.3 is 5.69 Å². The topological polar surface area (TPSA) is 96.5 Å². The smallest absolute Gasteiger partial charge is 0.345 e. The van der Waals surface area contributed by atoms with Crippen LogP contribution in [0, 0.1) is 0 Å². The van der Waals surface area contributed by atoms with E-state index in [9.17, 15) is 9.90 Å². The molecule has 0 fully saturated rings. The fourth-order valence-electron chi connectivity index (χ4n) is 3.86. The van der Waals surface area contributed by atoms with E-state index < -0.39 is 6.10 Å². The highest BCUT2D eigenvalue weighted by atomic mass is 127. The van der Waals surface area contributed by atoms with Crippen LogP contribution < -0.4 is 16.3 Å². The van der Waals surface area contributed by atoms with E-state index in [1.54, 1.807) is 9.25 Å². The van der Waals surface area contributed by atoms with Gasteiger partial charge in [-0.25, -0.2) is 9.48 Å². The number of aliphatic hydroxyl groups excluding tert-OH is 1. The summed E-state index contributed by atoms with van der Waals surface area (Å²) in [4.78, 5) is 16.9. The van der Waals surface area contributed by atoms with Crippen LogP contribution in [0.3, 0.4) is 0 Å². The molecule has 1 aliphatic heterocycles. The fourth-order valence-corrected chi connectivity index (χ4v) is 3.86. The van der Waals surface area contributed by atoms with Crippen LogP contribution in [-0.2, 0) is 24.9 Å². The molecule has 2 heterocycles. The molecular formula is C24H39IN6O2. The van der Waals surface area contributed by atoms with Crippen LogP contribution in [0.15, 0.2) is 34.1 Å². The summed E-state index contributed by atoms with van der Waals surface area (Å²) in [6.07, 6.45) is 3.15. The van der Waals surface area contributed by atoms with Crippen molar-refractivity contribution in [3.8, 4) is 0 Å². The minimum atomic E-state index is -0.657. The van der Waals surface area contributed by atoms with E-state index in [2.05, 4.69) is 53.6 Å². The molecular weight excluding hydrogens is 531 g/mol. The predicted molar refractivity (Wildman–Crippen MR) is 144 cm³/mol. The van der Waals surface area contributed by atoms with Gasteiger partial charge in [0.05, 0.1) is 12.6 Å². The largest absolute Gasteiger partial charge is 0.386 e. The van der Waals surface area contributed by atoms with Gasteiger partial charge in [-0.05, 0) is 42.7 Å². The Balaban J connectivity index is 0.00000385. The molecule has 0 bridgehead atoms. The lowest BCUT2D eigenvalue weighted by Gasteiger charge is -2.20. The number of nitrogens with one attached hydrogen (secondary N) is 2. The quantitative estimate of drug-likeness (QED) is 0.196. The van der Waals surface area contributed by atoms with Crippen molar-refractivity contribution < 1.29 is 5.11 Å². The van der Waals surface area contributed by atoms with Crippen LogP contribution in [0.5, 0.6) is 0 Å². The molecule has 3 rings (SSSR count). The lowest BCUT2D eigenvalue weighted by atomic mass is 9.86. The highest BCUT2D eigenvalue weighted by molar-refractivity contribution is 14.0. The van der Waals surface area contributed by atoms with Gasteiger partial charge < -0.3 is 15.7 Å². The maximum Gasteiger partial charge on any atom is 0.345 e. The Morgan fingerprint density at radius 3 is 2.58 bits per heavy atom. The first kappa shape index (κ1) is 27.4. The molecule has 2 aromatic rings. The molecule has 8 nitrogen and oxygen atoms in total. The molecule has 0 saturated carbocycles. The van der Waals surface area contributed by atoms with Gasteiger partial charge in [-0.1, -0.05) is 45.0 Å². The van der Waals surface area contributed by atoms with Crippen LogP contribution >= 0.6 is 24.0 Å². The summed E-state index contributed by atoms with van der Waals surface area (Å²) in [5.74, 6) is 1.57. The molecule has 0 saturated heterocycles. The van der Waals surface area contributed by atoms with Crippen molar-refractivity contribution in [1.82, 2.24) is 25.0 Å². The van der Waals surface area contributed by atoms with Gasteiger partial charge in [0.15, 0.2) is 5.96 Å². The molecule has 0 aliphatic carbocycles. The monoisotopic (exact) mass is 570 g/mol. The average molecular weight is 571 g/mol. The highest BCUT2D eigenvalue weighted by Crippen LogP contribution is 2.24. The second-order valence-electron chi connectivity index (χ2n) is 9.42. The van der Waals surface area contributed by atoms with Crippen LogP contribution in [0.25, 0.3) is 0 Å². The SMILES string of the molecule is CCNC(=NCC(O)c1ccc(C(C)(C)C)cc1)NCCCn1nc2n(c1=O)CCCC2.I. The van der Waals surface area contributed by atoms with Crippen molar-refractivity contribution >= 4 is 29.9 Å². The molecule has 184 valence electrons. The maximum absolute atomic E-state index is 12.4. The third-order valence-corrected chi connectivity index (χ3v) is 5.80. The van der Waals surface area contributed by atoms with Gasteiger partial charge in [0.1, 0.15) is 5.82 Å². The summed E-state index contributed by atoms with van der Waals surface area (Å²) >= 11 is 0. The van der Waals surface area contributed by atoms with Gasteiger partial charge in [0, 0.05) is 32.6 Å². The Kier molecular flexibility index (Phi) is 10.4. The van der Waals surface area contributed by atoms with Crippen LogP contribution in [-0.4, -0.2) is 45.0 Å². The molecule has 1 aromatic heterocycles. The first-order chi connectivity index (χ1) is 15.3. The van der Waals surface area contributed by atoms with E-state index in [-0.39, 0.29) is 41.6 Å². The van der Waals surface area contributed by atoms with Gasteiger partial charge in [0.2, 0.25) is 0 Å². The molecule has 1 aromatic carbocycles. The lowest BCUT2D eigenvalue weighted by Crippen LogP contribution is -2.38. The van der Waals surface area contributed by atoms with Crippen molar-refractivity contribution in [1.29, 1.82) is 0 Å². The number of aliphatic hydroxyl groups is 1. The van der Waals surface area contributed by atoms with Crippen LogP contribution in [0.2, 0.25) is 0 Å². The van der Waals surface area contributed by atoms with Crippen molar-refractivity contribution in [2.45, 2.75) is 78.0 Å². The van der Waals surface area contributed by atoms with Crippen LogP contribution in [0.4, 0.5) is 0 Å². The summed E-state index contributed by atoms with van der Waals surface area (Å²) < 4.78 is 3.38. The molecule has 0 radical (unpaired) electrons. The van der Waals surface area contributed by atoms with E-state index >= 15 is 0 Å². The third-order valence-electron chi connectivity index (χ3n) is 5.80. The average Bonchev–Trinajstić information content (AvgIpc) is 3.10. The summed E-state index contributed by atoms with van der Waals surface area (Å²) in [6.45, 7) is 11.6. The molecule has 1 aliphatic rings. The van der Waals surface area contributed by atoms with Crippen molar-refractivity contribution in [3.05, 3.63) is 51.7 Å². The minimum absolute atomic E-state index is 0. The van der Waals surface area contributed by atoms with Gasteiger partial charge in [0.25, 0.3) is 0 Å². The zero-order chi connectivity index (χ0) is 23.1. The Morgan fingerprint density at radius 2 is 1.94 bits per heavy atom. The first-order valence-corrected chi connectivity index (χ1v) is 11.8. The maximum atomic E-state index is 12.4. The summed E-state index contributed by atoms with van der Waals surface area (Å²) in [5.41, 5.74) is 2.19. The molecule has 0 spiro atoms. The number of aromatic nitrogens is 3. The Morgan fingerprint density at radius 1 is 1.21 bits per heavy atom. The lowest BCUT2D eigenvalue weighted by molar-refractivity contribution is 0.187. The number of hydrogen-bond donors (Lipinski definition) is 3. The Hall–Kier alpha value is -1.88. The summed E-state index contributed by atoms with van der Waals surface area (Å²) in [6, 6.07) is 8.09. The van der Waals surface area contributed by atoms with Crippen molar-refractivity contribution in [3.63, 3.8) is 0 Å². The van der Waals surface area contributed by atoms with Gasteiger partial charge in [-0.15, -0.1) is 24.0 Å². The Labute approximate surface area is 213 Å². The molecule has 1 unspecified atom stereocenters. The molecule has 33 heavy (non-hydrogen) atoms. The number of halogens is 1. The number of aliphatic imine (C=N–C) groups is 1. The standard InChI is InChI=1S/C24H38N6O2.HI/c1-5-25-22(27-17-20(31)18-10-12-19(13-11-18)24(2,3)4)26-14-8-16-30-23(32)29-15-7-6-9-21(29)28-30;/h10-13,20,31H,5-9,14-17H2,1-4H3,(H2,25,26,27);1H. The Bertz CT molecular complexity index is 959. The van der Waals surface area contributed by atoms with Crippen molar-refractivity contribution in [2.24, 2.45) is 4.99 Å². The van der Waals surface area contributed by atoms with Gasteiger partial charge in [-0.2, -0.15) is 5.10 Å². The van der Waals surface area contributed by atoms with Crippen LogP contribution in [0.1, 0.15) is 70.0 Å². The van der Waals surface area contributed by atoms with E-state index in [1.165, 1.54) is 5.56 Å². The number of rotatable bonds is 8. The molecule has 3 N–H and O–H groups in total. The van der Waals surface area contributed by atoms with E-state index in [0.717, 1.165) is 50.2 Å². The second-order valence-corrected chi connectivity index (χ2v) is 9.42. The normalized spacial score (nSPS) is 14.9. The van der Waals surface area contributed by atoms with E-state index in [1.807, 2.05) is 19.1 Å². The number of fused-ring (bicyclic) bond motifs is 1. The van der Waals surface area contributed by atoms with E-state index in [0.29, 0.717) is 19.0 Å². The highest BCUT2D eigenvalue weighted by Gasteiger charge is 2.16. The number of nitrogens with zero attached hydrogens (tertiary/aromatic N) is 4. The first-order valence-electron chi connectivity index (χ1n) is 11.8. The third kappa shape index (κ3) is 7.56. The second kappa shape index (κ2) is 12.5. The molecule has 0 amide bonds. The molecule has 9 heteroatoms. The number of hydrogen-bond acceptors (Lipinski definition) is 4. The van der Waals surface area contributed by atoms with Gasteiger partial charge in [-0.3, -0.25) is 9.56 Å². The number of guanidine groups is 1. The summed E-state index contributed by atoms with van der Waals surface area (Å²) in [5, 5.41) is 21.5. The zero-order valence-corrected chi connectivity index (χ0v) is 22.6. The zero-order valence-electron chi connectivity index (χ0n) is 20.3.